The summed E-state index contributed by atoms with van der Waals surface area (Å²) in [5.41, 5.74) is 0. The Kier molecular flexibility index (Phi) is 9.79. The second kappa shape index (κ2) is 9.86. The molecule has 0 bridgehead atoms. The maximum absolute atomic E-state index is 5.68. The maximum atomic E-state index is 5.68. The van der Waals surface area contributed by atoms with Crippen molar-refractivity contribution in [1.29, 1.82) is 0 Å². The third kappa shape index (κ3) is 7.74. The third-order valence-electron chi connectivity index (χ3n) is 3.86. The molecule has 0 saturated carbocycles. The highest BCUT2D eigenvalue weighted by Crippen LogP contribution is 2.00. The van der Waals surface area contributed by atoms with Crippen molar-refractivity contribution in [2.45, 2.75) is 52.6 Å². The van der Waals surface area contributed by atoms with Crippen molar-refractivity contribution >= 4 is 0 Å². The standard InChI is InChI=1S/C14H32N2O/c1-7-13(3)15(5)9-11-17-12-10-16(6)14(4)8-2/h13-14H,7-12H2,1-6H3. The van der Waals surface area contributed by atoms with E-state index in [9.17, 15) is 0 Å². The summed E-state index contributed by atoms with van der Waals surface area (Å²) in [6.45, 7) is 12.7. The van der Waals surface area contributed by atoms with Gasteiger partial charge in [0, 0.05) is 25.2 Å². The summed E-state index contributed by atoms with van der Waals surface area (Å²) in [7, 11) is 4.34. The topological polar surface area (TPSA) is 15.7 Å². The molecule has 104 valence electrons. The van der Waals surface area contributed by atoms with Gasteiger partial charge in [0.05, 0.1) is 13.2 Å². The molecule has 0 aliphatic rings. The van der Waals surface area contributed by atoms with Gasteiger partial charge in [0.25, 0.3) is 0 Å². The summed E-state index contributed by atoms with van der Waals surface area (Å²) in [5, 5.41) is 0. The van der Waals surface area contributed by atoms with E-state index >= 15 is 0 Å². The van der Waals surface area contributed by atoms with Crippen LogP contribution < -0.4 is 0 Å². The largest absolute Gasteiger partial charge is 0.379 e. The molecular weight excluding hydrogens is 212 g/mol. The molecule has 0 heterocycles. The summed E-state index contributed by atoms with van der Waals surface area (Å²) in [5.74, 6) is 0. The Morgan fingerprint density at radius 1 is 0.824 bits per heavy atom. The predicted molar refractivity (Wildman–Crippen MR) is 75.6 cm³/mol. The van der Waals surface area contributed by atoms with Crippen molar-refractivity contribution in [3.05, 3.63) is 0 Å². The van der Waals surface area contributed by atoms with E-state index in [-0.39, 0.29) is 0 Å². The molecule has 0 fully saturated rings. The van der Waals surface area contributed by atoms with Gasteiger partial charge in [0.2, 0.25) is 0 Å². The van der Waals surface area contributed by atoms with E-state index in [1.807, 2.05) is 0 Å². The lowest BCUT2D eigenvalue weighted by molar-refractivity contribution is 0.0783. The van der Waals surface area contributed by atoms with Crippen molar-refractivity contribution in [2.75, 3.05) is 40.4 Å². The minimum atomic E-state index is 0.654. The van der Waals surface area contributed by atoms with Crippen LogP contribution in [0.15, 0.2) is 0 Å². The van der Waals surface area contributed by atoms with Gasteiger partial charge < -0.3 is 14.5 Å². The molecule has 2 atom stereocenters. The molecule has 3 nitrogen and oxygen atoms in total. The number of rotatable bonds is 10. The van der Waals surface area contributed by atoms with E-state index in [1.165, 1.54) is 12.8 Å². The molecule has 2 unspecified atom stereocenters. The van der Waals surface area contributed by atoms with Crippen LogP contribution >= 0.6 is 0 Å². The minimum absolute atomic E-state index is 0.654. The molecule has 0 saturated heterocycles. The van der Waals surface area contributed by atoms with E-state index in [0.717, 1.165) is 26.3 Å². The Labute approximate surface area is 108 Å². The average Bonchev–Trinajstić information content (AvgIpc) is 2.35. The van der Waals surface area contributed by atoms with Crippen LogP contribution in [0.3, 0.4) is 0 Å². The Morgan fingerprint density at radius 2 is 1.18 bits per heavy atom. The summed E-state index contributed by atoms with van der Waals surface area (Å²) in [4.78, 5) is 4.72. The second-order valence-corrected chi connectivity index (χ2v) is 5.09. The van der Waals surface area contributed by atoms with Crippen LogP contribution in [0.1, 0.15) is 40.5 Å². The fraction of sp³-hybridized carbons (Fsp3) is 1.00. The lowest BCUT2D eigenvalue weighted by atomic mass is 10.2. The number of hydrogen-bond acceptors (Lipinski definition) is 3. The van der Waals surface area contributed by atoms with Gasteiger partial charge in [-0.05, 0) is 40.8 Å². The van der Waals surface area contributed by atoms with Gasteiger partial charge in [0.15, 0.2) is 0 Å². The van der Waals surface area contributed by atoms with Crippen LogP contribution in [0, 0.1) is 0 Å². The lowest BCUT2D eigenvalue weighted by Crippen LogP contribution is -2.34. The van der Waals surface area contributed by atoms with E-state index in [0.29, 0.717) is 12.1 Å². The molecule has 17 heavy (non-hydrogen) atoms. The summed E-state index contributed by atoms with van der Waals surface area (Å²) < 4.78 is 5.68. The van der Waals surface area contributed by atoms with Gasteiger partial charge in [-0.1, -0.05) is 13.8 Å². The van der Waals surface area contributed by atoms with Crippen LogP contribution in [-0.2, 0) is 4.74 Å². The first kappa shape index (κ1) is 16.9. The molecule has 0 aliphatic carbocycles. The summed E-state index contributed by atoms with van der Waals surface area (Å²) in [6.07, 6.45) is 2.40. The van der Waals surface area contributed by atoms with Crippen LogP contribution in [0.4, 0.5) is 0 Å². The van der Waals surface area contributed by atoms with Crippen molar-refractivity contribution in [3.8, 4) is 0 Å². The Balaban J connectivity index is 3.46. The summed E-state index contributed by atoms with van der Waals surface area (Å²) in [6, 6.07) is 1.31. The smallest absolute Gasteiger partial charge is 0.0594 e. The first-order valence-electron chi connectivity index (χ1n) is 7.01. The van der Waals surface area contributed by atoms with Crippen molar-refractivity contribution in [2.24, 2.45) is 0 Å². The molecule has 3 heteroatoms. The zero-order valence-corrected chi connectivity index (χ0v) is 12.7. The van der Waals surface area contributed by atoms with Gasteiger partial charge in [-0.3, -0.25) is 0 Å². The Bertz CT molecular complexity index is 158. The SMILES string of the molecule is CCC(C)N(C)CCOCCN(C)C(C)CC. The number of hydrogen-bond donors (Lipinski definition) is 0. The molecule has 0 radical (unpaired) electrons. The quantitative estimate of drug-likeness (QED) is 0.549. The van der Waals surface area contributed by atoms with Crippen LogP contribution in [-0.4, -0.2) is 62.3 Å². The zero-order valence-electron chi connectivity index (χ0n) is 12.7. The van der Waals surface area contributed by atoms with Crippen LogP contribution in [0.5, 0.6) is 0 Å². The highest BCUT2D eigenvalue weighted by molar-refractivity contribution is 4.61. The van der Waals surface area contributed by atoms with E-state index < -0.39 is 0 Å². The monoisotopic (exact) mass is 244 g/mol. The van der Waals surface area contributed by atoms with Gasteiger partial charge in [0.1, 0.15) is 0 Å². The first-order valence-corrected chi connectivity index (χ1v) is 7.01. The molecule has 0 aromatic heterocycles. The molecular formula is C14H32N2O. The molecule has 0 N–H and O–H groups in total. The highest BCUT2D eigenvalue weighted by atomic mass is 16.5. The number of ether oxygens (including phenoxy) is 1. The fourth-order valence-corrected chi connectivity index (χ4v) is 1.58. The highest BCUT2D eigenvalue weighted by Gasteiger charge is 2.07. The van der Waals surface area contributed by atoms with Gasteiger partial charge >= 0.3 is 0 Å². The maximum Gasteiger partial charge on any atom is 0.0594 e. The van der Waals surface area contributed by atoms with Gasteiger partial charge in [-0.25, -0.2) is 0 Å². The average molecular weight is 244 g/mol. The predicted octanol–water partition coefficient (Wildman–Crippen LogP) is 2.46. The van der Waals surface area contributed by atoms with Crippen molar-refractivity contribution in [1.82, 2.24) is 9.80 Å². The van der Waals surface area contributed by atoms with Gasteiger partial charge in [-0.2, -0.15) is 0 Å². The zero-order chi connectivity index (χ0) is 13.3. The van der Waals surface area contributed by atoms with Crippen LogP contribution in [0.2, 0.25) is 0 Å². The summed E-state index contributed by atoms with van der Waals surface area (Å²) >= 11 is 0. The third-order valence-corrected chi connectivity index (χ3v) is 3.86. The first-order chi connectivity index (χ1) is 8.02. The molecule has 0 aliphatic heterocycles. The Hall–Kier alpha value is -0.120. The van der Waals surface area contributed by atoms with Crippen LogP contribution in [0.25, 0.3) is 0 Å². The molecule has 0 amide bonds. The van der Waals surface area contributed by atoms with E-state index in [2.05, 4.69) is 51.6 Å². The molecule has 0 aromatic rings. The molecule has 0 rings (SSSR count). The normalized spacial score (nSPS) is 15.5. The van der Waals surface area contributed by atoms with E-state index in [1.54, 1.807) is 0 Å². The fourth-order valence-electron chi connectivity index (χ4n) is 1.58. The Morgan fingerprint density at radius 3 is 1.47 bits per heavy atom. The number of nitrogens with zero attached hydrogens (tertiary/aromatic N) is 2. The van der Waals surface area contributed by atoms with Crippen molar-refractivity contribution in [3.63, 3.8) is 0 Å². The van der Waals surface area contributed by atoms with E-state index in [4.69, 9.17) is 4.74 Å². The molecule has 0 spiro atoms. The van der Waals surface area contributed by atoms with Crippen molar-refractivity contribution < 1.29 is 4.74 Å². The molecule has 0 aromatic carbocycles. The van der Waals surface area contributed by atoms with Gasteiger partial charge in [-0.15, -0.1) is 0 Å². The lowest BCUT2D eigenvalue weighted by Gasteiger charge is -2.25. The minimum Gasteiger partial charge on any atom is -0.379 e. The number of likely N-dealkylation sites (N-methyl/N-ethyl adjacent to an activating group) is 2. The second-order valence-electron chi connectivity index (χ2n) is 5.09.